The zero-order valence-corrected chi connectivity index (χ0v) is 13.8. The van der Waals surface area contributed by atoms with Crippen molar-refractivity contribution in [2.45, 2.75) is 25.3 Å². The molecule has 1 saturated heterocycles. The fourth-order valence-electron chi connectivity index (χ4n) is 3.01. The number of nitrogens with one attached hydrogen (secondary N) is 1. The summed E-state index contributed by atoms with van der Waals surface area (Å²) in [6.07, 6.45) is 3.72. The van der Waals surface area contributed by atoms with Crippen LogP contribution in [-0.2, 0) is 0 Å². The molecular formula is C18H21FN2OS. The SMILES string of the molecule is O=C(NC[C@H](c1cccs1)N1CCCCC1)c1ccc(F)cc1. The quantitative estimate of drug-likeness (QED) is 0.902. The molecule has 1 fully saturated rings. The first-order chi connectivity index (χ1) is 11.2. The van der Waals surface area contributed by atoms with E-state index in [9.17, 15) is 9.18 Å². The van der Waals surface area contributed by atoms with E-state index in [0.717, 1.165) is 13.1 Å². The van der Waals surface area contributed by atoms with Crippen LogP contribution in [0.15, 0.2) is 41.8 Å². The van der Waals surface area contributed by atoms with Crippen LogP contribution in [0.2, 0.25) is 0 Å². The van der Waals surface area contributed by atoms with Crippen LogP contribution in [0.4, 0.5) is 4.39 Å². The Hall–Kier alpha value is -1.72. The topological polar surface area (TPSA) is 32.3 Å². The van der Waals surface area contributed by atoms with Crippen molar-refractivity contribution >= 4 is 17.2 Å². The predicted molar refractivity (Wildman–Crippen MR) is 91.2 cm³/mol. The minimum absolute atomic E-state index is 0.149. The standard InChI is InChI=1S/C18H21FN2OS/c19-15-8-6-14(7-9-15)18(22)20-13-16(17-5-4-12-23-17)21-10-2-1-3-11-21/h4-9,12,16H,1-3,10-11,13H2,(H,20,22)/t16-/m1/s1. The molecule has 3 rings (SSSR count). The van der Waals surface area contributed by atoms with E-state index in [-0.39, 0.29) is 17.8 Å². The molecule has 1 aliphatic heterocycles. The Kier molecular flexibility index (Phi) is 5.41. The molecule has 1 aromatic carbocycles. The smallest absolute Gasteiger partial charge is 0.251 e. The average molecular weight is 332 g/mol. The van der Waals surface area contributed by atoms with Crippen molar-refractivity contribution < 1.29 is 9.18 Å². The molecule has 0 radical (unpaired) electrons. The number of likely N-dealkylation sites (tertiary alicyclic amines) is 1. The maximum Gasteiger partial charge on any atom is 0.251 e. The maximum absolute atomic E-state index is 13.0. The number of thiophene rings is 1. The van der Waals surface area contributed by atoms with Gasteiger partial charge >= 0.3 is 0 Å². The normalized spacial score (nSPS) is 16.9. The van der Waals surface area contributed by atoms with Crippen molar-refractivity contribution in [3.63, 3.8) is 0 Å². The summed E-state index contributed by atoms with van der Waals surface area (Å²) < 4.78 is 13.0. The summed E-state index contributed by atoms with van der Waals surface area (Å²) in [7, 11) is 0. The number of carbonyl (C=O) groups excluding carboxylic acids is 1. The zero-order chi connectivity index (χ0) is 16.1. The van der Waals surface area contributed by atoms with Crippen molar-refractivity contribution in [2.24, 2.45) is 0 Å². The van der Waals surface area contributed by atoms with E-state index in [1.807, 2.05) is 0 Å². The van der Waals surface area contributed by atoms with Crippen LogP contribution in [0.5, 0.6) is 0 Å². The van der Waals surface area contributed by atoms with Gasteiger partial charge in [-0.05, 0) is 61.6 Å². The Morgan fingerprint density at radius 2 is 1.91 bits per heavy atom. The van der Waals surface area contributed by atoms with Gasteiger partial charge in [-0.3, -0.25) is 9.69 Å². The highest BCUT2D eigenvalue weighted by molar-refractivity contribution is 7.10. The molecule has 2 aromatic rings. The van der Waals surface area contributed by atoms with Crippen LogP contribution in [0.3, 0.4) is 0 Å². The molecule has 3 nitrogen and oxygen atoms in total. The molecule has 0 spiro atoms. The van der Waals surface area contributed by atoms with Gasteiger partial charge in [-0.15, -0.1) is 11.3 Å². The predicted octanol–water partition coefficient (Wildman–Crippen LogP) is 3.84. The van der Waals surface area contributed by atoms with E-state index in [2.05, 4.69) is 27.7 Å². The highest BCUT2D eigenvalue weighted by Crippen LogP contribution is 2.27. The summed E-state index contributed by atoms with van der Waals surface area (Å²) in [6.45, 7) is 2.74. The van der Waals surface area contributed by atoms with Crippen molar-refractivity contribution in [3.8, 4) is 0 Å². The van der Waals surface area contributed by atoms with Gasteiger partial charge in [0.2, 0.25) is 0 Å². The van der Waals surface area contributed by atoms with Crippen LogP contribution in [0.25, 0.3) is 0 Å². The maximum atomic E-state index is 13.0. The molecule has 1 aromatic heterocycles. The number of carbonyl (C=O) groups is 1. The van der Waals surface area contributed by atoms with E-state index < -0.39 is 0 Å². The summed E-state index contributed by atoms with van der Waals surface area (Å²) in [5.41, 5.74) is 0.495. The first kappa shape index (κ1) is 16.1. The average Bonchev–Trinajstić information content (AvgIpc) is 3.11. The summed E-state index contributed by atoms with van der Waals surface area (Å²) in [5, 5.41) is 5.09. The number of rotatable bonds is 5. The number of benzene rings is 1. The third kappa shape index (κ3) is 4.18. The van der Waals surface area contributed by atoms with E-state index in [1.165, 1.54) is 48.4 Å². The highest BCUT2D eigenvalue weighted by atomic mass is 32.1. The summed E-state index contributed by atoms with van der Waals surface area (Å²) >= 11 is 1.73. The molecule has 0 aliphatic carbocycles. The molecule has 0 saturated carbocycles. The molecule has 1 N–H and O–H groups in total. The number of halogens is 1. The van der Waals surface area contributed by atoms with Crippen LogP contribution in [0, 0.1) is 5.82 Å². The molecule has 1 amide bonds. The fraction of sp³-hybridized carbons (Fsp3) is 0.389. The van der Waals surface area contributed by atoms with Gasteiger partial charge in [0.05, 0.1) is 6.04 Å². The second-order valence-electron chi connectivity index (χ2n) is 5.84. The van der Waals surface area contributed by atoms with E-state index in [4.69, 9.17) is 0 Å². The van der Waals surface area contributed by atoms with Crippen LogP contribution < -0.4 is 5.32 Å². The molecule has 5 heteroatoms. The molecule has 0 unspecified atom stereocenters. The van der Waals surface area contributed by atoms with Crippen molar-refractivity contribution in [1.82, 2.24) is 10.2 Å². The van der Waals surface area contributed by atoms with Crippen molar-refractivity contribution in [2.75, 3.05) is 19.6 Å². The second kappa shape index (κ2) is 7.70. The van der Waals surface area contributed by atoms with Gasteiger partial charge in [0.25, 0.3) is 5.91 Å². The van der Waals surface area contributed by atoms with Gasteiger partial charge in [-0.1, -0.05) is 12.5 Å². The van der Waals surface area contributed by atoms with Gasteiger partial charge in [0, 0.05) is 17.0 Å². The Labute approximate surface area is 140 Å². The van der Waals surface area contributed by atoms with E-state index in [1.54, 1.807) is 11.3 Å². The van der Waals surface area contributed by atoms with E-state index in [0.29, 0.717) is 12.1 Å². The largest absolute Gasteiger partial charge is 0.350 e. The van der Waals surface area contributed by atoms with Gasteiger partial charge in [-0.25, -0.2) is 4.39 Å². The molecule has 0 bridgehead atoms. The van der Waals surface area contributed by atoms with Gasteiger partial charge in [0.15, 0.2) is 0 Å². The minimum atomic E-state index is -0.327. The molecule has 1 aliphatic rings. The van der Waals surface area contributed by atoms with Gasteiger partial charge in [0.1, 0.15) is 5.82 Å². The number of piperidine rings is 1. The second-order valence-corrected chi connectivity index (χ2v) is 6.82. The van der Waals surface area contributed by atoms with Gasteiger partial charge in [-0.2, -0.15) is 0 Å². The Bertz CT molecular complexity index is 621. The fourth-order valence-corrected chi connectivity index (χ4v) is 3.87. The van der Waals surface area contributed by atoms with Crippen molar-refractivity contribution in [1.29, 1.82) is 0 Å². The van der Waals surface area contributed by atoms with E-state index >= 15 is 0 Å². The monoisotopic (exact) mass is 332 g/mol. The molecule has 2 heterocycles. The Morgan fingerprint density at radius 3 is 2.57 bits per heavy atom. The van der Waals surface area contributed by atoms with Crippen molar-refractivity contribution in [3.05, 3.63) is 58.0 Å². The number of hydrogen-bond acceptors (Lipinski definition) is 3. The highest BCUT2D eigenvalue weighted by Gasteiger charge is 2.23. The molecule has 122 valence electrons. The van der Waals surface area contributed by atoms with Crippen LogP contribution in [-0.4, -0.2) is 30.4 Å². The van der Waals surface area contributed by atoms with Gasteiger partial charge < -0.3 is 5.32 Å². The lowest BCUT2D eigenvalue weighted by Gasteiger charge is -2.34. The Morgan fingerprint density at radius 1 is 1.17 bits per heavy atom. The third-order valence-corrected chi connectivity index (χ3v) is 5.24. The first-order valence-corrected chi connectivity index (χ1v) is 8.93. The molecule has 23 heavy (non-hydrogen) atoms. The van der Waals surface area contributed by atoms with Crippen LogP contribution >= 0.6 is 11.3 Å². The third-order valence-electron chi connectivity index (χ3n) is 4.27. The lowest BCUT2D eigenvalue weighted by molar-refractivity contribution is 0.0925. The lowest BCUT2D eigenvalue weighted by atomic mass is 10.1. The lowest BCUT2D eigenvalue weighted by Crippen LogP contribution is -2.40. The summed E-state index contributed by atoms with van der Waals surface area (Å²) in [6, 6.07) is 10.1. The molecular weight excluding hydrogens is 311 g/mol. The number of hydrogen-bond donors (Lipinski definition) is 1. The first-order valence-electron chi connectivity index (χ1n) is 8.05. The number of nitrogens with zero attached hydrogens (tertiary/aromatic N) is 1. The molecule has 1 atom stereocenters. The minimum Gasteiger partial charge on any atom is -0.350 e. The summed E-state index contributed by atoms with van der Waals surface area (Å²) in [5.74, 6) is -0.477. The zero-order valence-electron chi connectivity index (χ0n) is 13.0. The number of amides is 1. The van der Waals surface area contributed by atoms with Crippen LogP contribution in [0.1, 0.15) is 40.5 Å². The Balaban J connectivity index is 1.66. The summed E-state index contributed by atoms with van der Waals surface area (Å²) in [4.78, 5) is 16.0.